The lowest BCUT2D eigenvalue weighted by Crippen LogP contribution is -2.54. The van der Waals surface area contributed by atoms with Gasteiger partial charge < -0.3 is 4.57 Å². The van der Waals surface area contributed by atoms with E-state index in [-0.39, 0.29) is 5.57 Å². The lowest BCUT2D eigenvalue weighted by molar-refractivity contribution is -0.122. The van der Waals surface area contributed by atoms with Gasteiger partial charge in [-0.25, -0.2) is 9.69 Å². The van der Waals surface area contributed by atoms with E-state index in [4.69, 9.17) is 0 Å². The summed E-state index contributed by atoms with van der Waals surface area (Å²) < 4.78 is 2.06. The van der Waals surface area contributed by atoms with E-state index in [0.29, 0.717) is 5.69 Å². The van der Waals surface area contributed by atoms with Gasteiger partial charge in [-0.3, -0.25) is 19.9 Å². The number of amides is 4. The second-order valence-corrected chi connectivity index (χ2v) is 8.29. The van der Waals surface area contributed by atoms with Crippen LogP contribution in [0, 0.1) is 20.8 Å². The van der Waals surface area contributed by atoms with Gasteiger partial charge in [0.2, 0.25) is 0 Å². The van der Waals surface area contributed by atoms with Crippen LogP contribution in [-0.2, 0) is 9.59 Å². The molecule has 34 heavy (non-hydrogen) atoms. The minimum absolute atomic E-state index is 0.0918. The molecule has 4 aromatic rings. The minimum atomic E-state index is -0.753. The molecule has 1 N–H and O–H groups in total. The molecule has 1 aliphatic rings. The zero-order chi connectivity index (χ0) is 24.0. The van der Waals surface area contributed by atoms with Crippen LogP contribution in [0.5, 0.6) is 0 Å². The summed E-state index contributed by atoms with van der Waals surface area (Å²) in [6.45, 7) is 5.71. The average Bonchev–Trinajstić information content (AvgIpc) is 3.10. The number of imide groups is 2. The van der Waals surface area contributed by atoms with Crippen molar-refractivity contribution in [3.8, 4) is 5.69 Å². The van der Waals surface area contributed by atoms with E-state index < -0.39 is 17.8 Å². The Morgan fingerprint density at radius 2 is 1.71 bits per heavy atom. The number of para-hydroxylation sites is 1. The van der Waals surface area contributed by atoms with Gasteiger partial charge in [-0.1, -0.05) is 24.3 Å². The van der Waals surface area contributed by atoms with Crippen LogP contribution >= 0.6 is 0 Å². The predicted molar refractivity (Wildman–Crippen MR) is 131 cm³/mol. The predicted octanol–water partition coefficient (Wildman–Crippen LogP) is 4.62. The second-order valence-electron chi connectivity index (χ2n) is 8.29. The fourth-order valence-electron chi connectivity index (χ4n) is 4.38. The molecule has 3 heterocycles. The molecular weight excluding hydrogens is 428 g/mol. The first-order valence-corrected chi connectivity index (χ1v) is 10.9. The number of aromatic nitrogens is 2. The van der Waals surface area contributed by atoms with E-state index in [9.17, 15) is 14.4 Å². The molecule has 2 aromatic heterocycles. The van der Waals surface area contributed by atoms with Gasteiger partial charge in [0.1, 0.15) is 5.57 Å². The van der Waals surface area contributed by atoms with Gasteiger partial charge in [-0.2, -0.15) is 0 Å². The van der Waals surface area contributed by atoms with Crippen molar-refractivity contribution in [3.63, 3.8) is 0 Å². The molecule has 0 aliphatic carbocycles. The highest BCUT2D eigenvalue weighted by atomic mass is 16.2. The highest BCUT2D eigenvalue weighted by Gasteiger charge is 2.37. The van der Waals surface area contributed by atoms with E-state index in [1.807, 2.05) is 63.2 Å². The largest absolute Gasteiger partial charge is 0.335 e. The van der Waals surface area contributed by atoms with Crippen LogP contribution in [0.2, 0.25) is 0 Å². The van der Waals surface area contributed by atoms with Crippen LogP contribution in [0.1, 0.15) is 22.5 Å². The monoisotopic (exact) mass is 450 g/mol. The number of barbiturate groups is 1. The van der Waals surface area contributed by atoms with Crippen molar-refractivity contribution < 1.29 is 14.4 Å². The van der Waals surface area contributed by atoms with Crippen LogP contribution in [0.25, 0.3) is 22.7 Å². The third-order valence-corrected chi connectivity index (χ3v) is 6.07. The van der Waals surface area contributed by atoms with Crippen LogP contribution < -0.4 is 10.2 Å². The number of nitrogens with one attached hydrogen (secondary N) is 1. The van der Waals surface area contributed by atoms with E-state index >= 15 is 0 Å². The van der Waals surface area contributed by atoms with Gasteiger partial charge in [0.05, 0.1) is 11.2 Å². The molecule has 5 rings (SSSR count). The molecule has 0 radical (unpaired) electrons. The molecular formula is C27H22N4O3. The Morgan fingerprint density at radius 1 is 0.912 bits per heavy atom. The smallest absolute Gasteiger partial charge is 0.318 e. The van der Waals surface area contributed by atoms with Crippen molar-refractivity contribution in [3.05, 3.63) is 94.9 Å². The Morgan fingerprint density at radius 3 is 2.50 bits per heavy atom. The quantitative estimate of drug-likeness (QED) is 0.365. The molecule has 0 spiro atoms. The molecule has 2 aromatic carbocycles. The minimum Gasteiger partial charge on any atom is -0.318 e. The number of rotatable bonds is 3. The van der Waals surface area contributed by atoms with E-state index in [0.717, 1.165) is 44.0 Å². The summed E-state index contributed by atoms with van der Waals surface area (Å²) in [5.74, 6) is -1.36. The van der Waals surface area contributed by atoms with Crippen molar-refractivity contribution in [2.75, 3.05) is 4.90 Å². The number of anilines is 1. The first kappa shape index (κ1) is 21.3. The van der Waals surface area contributed by atoms with Gasteiger partial charge in [0.15, 0.2) is 0 Å². The summed E-state index contributed by atoms with van der Waals surface area (Å²) in [5, 5.41) is 3.31. The Bertz CT molecular complexity index is 1530. The lowest BCUT2D eigenvalue weighted by Gasteiger charge is -2.27. The summed E-state index contributed by atoms with van der Waals surface area (Å²) in [6.07, 6.45) is 3.31. The maximum absolute atomic E-state index is 13.3. The number of urea groups is 1. The molecule has 1 saturated heterocycles. The molecule has 1 aliphatic heterocycles. The molecule has 7 heteroatoms. The van der Waals surface area contributed by atoms with Crippen molar-refractivity contribution in [2.45, 2.75) is 20.8 Å². The average molecular weight is 450 g/mol. The lowest BCUT2D eigenvalue weighted by atomic mass is 10.1. The zero-order valence-corrected chi connectivity index (χ0v) is 19.0. The molecule has 0 unspecified atom stereocenters. The van der Waals surface area contributed by atoms with Crippen LogP contribution in [-0.4, -0.2) is 27.4 Å². The zero-order valence-electron chi connectivity index (χ0n) is 19.0. The summed E-state index contributed by atoms with van der Waals surface area (Å²) in [6, 6.07) is 18.1. The summed E-state index contributed by atoms with van der Waals surface area (Å²) in [4.78, 5) is 43.8. The van der Waals surface area contributed by atoms with Gasteiger partial charge in [0, 0.05) is 28.7 Å². The van der Waals surface area contributed by atoms with Crippen molar-refractivity contribution in [2.24, 2.45) is 0 Å². The third-order valence-electron chi connectivity index (χ3n) is 6.07. The number of fused-ring (bicyclic) bond motifs is 1. The van der Waals surface area contributed by atoms with Gasteiger partial charge in [0.25, 0.3) is 11.8 Å². The molecule has 4 amide bonds. The highest BCUT2D eigenvalue weighted by molar-refractivity contribution is 6.39. The first-order chi connectivity index (χ1) is 16.3. The molecule has 1 fully saturated rings. The first-order valence-electron chi connectivity index (χ1n) is 10.9. The van der Waals surface area contributed by atoms with Gasteiger partial charge in [-0.15, -0.1) is 0 Å². The van der Waals surface area contributed by atoms with Gasteiger partial charge >= 0.3 is 6.03 Å². The fraction of sp³-hybridized carbons (Fsp3) is 0.111. The Hall–Kier alpha value is -4.52. The summed E-state index contributed by atoms with van der Waals surface area (Å²) in [7, 11) is 0. The maximum Gasteiger partial charge on any atom is 0.335 e. The number of aryl methyl sites for hydroxylation is 2. The van der Waals surface area contributed by atoms with Crippen molar-refractivity contribution >= 4 is 40.5 Å². The molecule has 7 nitrogen and oxygen atoms in total. The number of carbonyl (C=O) groups is 3. The van der Waals surface area contributed by atoms with Crippen LogP contribution in [0.15, 0.2) is 72.4 Å². The molecule has 0 saturated carbocycles. The number of pyridine rings is 1. The van der Waals surface area contributed by atoms with Crippen LogP contribution in [0.4, 0.5) is 10.5 Å². The SMILES string of the molecule is Cc1ccccc1N1C(=O)NC(=O)/C(=C\c2cc(C)n(-c3ccc4ncccc4c3)c2C)C1=O. The Labute approximate surface area is 196 Å². The number of nitrogens with zero attached hydrogens (tertiary/aromatic N) is 3. The molecule has 0 atom stereocenters. The standard InChI is InChI=1S/C27H22N4O3/c1-16-7-4-5-9-24(16)31-26(33)22(25(32)29-27(31)34)15-20-13-17(2)30(18(20)3)21-10-11-23-19(14-21)8-6-12-28-23/h4-15H,1-3H3,(H,29,32,34)/b22-15+. The topological polar surface area (TPSA) is 84.3 Å². The maximum atomic E-state index is 13.3. The number of hydrogen-bond acceptors (Lipinski definition) is 4. The van der Waals surface area contributed by atoms with Gasteiger partial charge in [-0.05, 0) is 74.4 Å². The van der Waals surface area contributed by atoms with Crippen molar-refractivity contribution in [1.29, 1.82) is 0 Å². The van der Waals surface area contributed by atoms with E-state index in [1.54, 1.807) is 24.4 Å². The second kappa shape index (κ2) is 8.12. The number of benzene rings is 2. The fourth-order valence-corrected chi connectivity index (χ4v) is 4.38. The number of hydrogen-bond donors (Lipinski definition) is 1. The Kier molecular flexibility index (Phi) is 5.09. The summed E-state index contributed by atoms with van der Waals surface area (Å²) >= 11 is 0. The molecule has 0 bridgehead atoms. The highest BCUT2D eigenvalue weighted by Crippen LogP contribution is 2.28. The third kappa shape index (κ3) is 3.47. The number of carbonyl (C=O) groups excluding carboxylic acids is 3. The molecule has 168 valence electrons. The Balaban J connectivity index is 1.57. The van der Waals surface area contributed by atoms with Crippen LogP contribution in [0.3, 0.4) is 0 Å². The van der Waals surface area contributed by atoms with Crippen molar-refractivity contribution in [1.82, 2.24) is 14.9 Å². The normalized spacial score (nSPS) is 15.3. The summed E-state index contributed by atoms with van der Waals surface area (Å²) in [5.41, 5.74) is 5.50. The van der Waals surface area contributed by atoms with E-state index in [2.05, 4.69) is 20.9 Å². The van der Waals surface area contributed by atoms with E-state index in [1.165, 1.54) is 0 Å².